The van der Waals surface area contributed by atoms with Crippen LogP contribution in [0.25, 0.3) is 10.8 Å². The largest absolute Gasteiger partial charge is 0.508 e. The summed E-state index contributed by atoms with van der Waals surface area (Å²) >= 11 is 0. The second kappa shape index (κ2) is 7.96. The van der Waals surface area contributed by atoms with Crippen molar-refractivity contribution in [2.45, 2.75) is 0 Å². The monoisotopic (exact) mass is 364 g/mol. The SMILES string of the molecule is O=C(CNc1cccc2ccccc12)N/N=C\c1cc(O)ccc1[N+](=O)[O-]. The highest BCUT2D eigenvalue weighted by atomic mass is 16.6. The highest BCUT2D eigenvalue weighted by Crippen LogP contribution is 2.23. The number of nitro benzene ring substituents is 1. The molecule has 0 heterocycles. The Labute approximate surface area is 154 Å². The number of nitro groups is 1. The third-order valence-corrected chi connectivity index (χ3v) is 3.83. The van der Waals surface area contributed by atoms with E-state index in [0.717, 1.165) is 22.7 Å². The number of fused-ring (bicyclic) bond motifs is 1. The van der Waals surface area contributed by atoms with Gasteiger partial charge in [-0.2, -0.15) is 5.10 Å². The van der Waals surface area contributed by atoms with E-state index in [1.807, 2.05) is 42.5 Å². The van der Waals surface area contributed by atoms with Gasteiger partial charge < -0.3 is 10.4 Å². The van der Waals surface area contributed by atoms with Crippen molar-refractivity contribution in [3.63, 3.8) is 0 Å². The predicted octanol–water partition coefficient (Wildman–Crippen LogP) is 3.02. The number of nitrogens with one attached hydrogen (secondary N) is 2. The summed E-state index contributed by atoms with van der Waals surface area (Å²) in [6.07, 6.45) is 1.12. The number of hydrazone groups is 1. The minimum atomic E-state index is -0.593. The maximum absolute atomic E-state index is 12.0. The molecule has 0 spiro atoms. The van der Waals surface area contributed by atoms with Gasteiger partial charge in [0.2, 0.25) is 0 Å². The van der Waals surface area contributed by atoms with Crippen LogP contribution in [0, 0.1) is 10.1 Å². The smallest absolute Gasteiger partial charge is 0.278 e. The van der Waals surface area contributed by atoms with Crippen LogP contribution >= 0.6 is 0 Å². The van der Waals surface area contributed by atoms with Gasteiger partial charge in [-0.1, -0.05) is 36.4 Å². The first-order chi connectivity index (χ1) is 13.0. The van der Waals surface area contributed by atoms with E-state index >= 15 is 0 Å². The van der Waals surface area contributed by atoms with Gasteiger partial charge in [0.1, 0.15) is 5.75 Å². The molecule has 136 valence electrons. The molecule has 0 saturated heterocycles. The van der Waals surface area contributed by atoms with Gasteiger partial charge in [0.25, 0.3) is 11.6 Å². The summed E-state index contributed by atoms with van der Waals surface area (Å²) in [6, 6.07) is 17.1. The van der Waals surface area contributed by atoms with E-state index in [1.165, 1.54) is 18.2 Å². The van der Waals surface area contributed by atoms with Gasteiger partial charge in [0, 0.05) is 17.1 Å². The first-order valence-corrected chi connectivity index (χ1v) is 8.05. The zero-order valence-corrected chi connectivity index (χ0v) is 14.1. The van der Waals surface area contributed by atoms with E-state index in [4.69, 9.17) is 0 Å². The van der Waals surface area contributed by atoms with E-state index < -0.39 is 10.8 Å². The molecule has 3 rings (SSSR count). The second-order valence-electron chi connectivity index (χ2n) is 5.67. The molecule has 0 atom stereocenters. The Morgan fingerprint density at radius 3 is 2.74 bits per heavy atom. The van der Waals surface area contributed by atoms with Crippen LogP contribution in [0.15, 0.2) is 65.8 Å². The Hall–Kier alpha value is -3.94. The van der Waals surface area contributed by atoms with Gasteiger partial charge in [-0.05, 0) is 23.6 Å². The molecule has 0 aliphatic carbocycles. The molecule has 0 saturated carbocycles. The zero-order chi connectivity index (χ0) is 19.2. The Bertz CT molecular complexity index is 1030. The summed E-state index contributed by atoms with van der Waals surface area (Å²) in [7, 11) is 0. The summed E-state index contributed by atoms with van der Waals surface area (Å²) < 4.78 is 0. The van der Waals surface area contributed by atoms with Crippen molar-refractivity contribution in [1.29, 1.82) is 0 Å². The Balaban J connectivity index is 1.63. The lowest BCUT2D eigenvalue weighted by Gasteiger charge is -2.08. The van der Waals surface area contributed by atoms with Crippen molar-refractivity contribution in [2.24, 2.45) is 5.10 Å². The quantitative estimate of drug-likeness (QED) is 0.353. The molecule has 3 aromatic carbocycles. The van der Waals surface area contributed by atoms with Crippen LogP contribution in [0.1, 0.15) is 5.56 Å². The number of aromatic hydroxyl groups is 1. The van der Waals surface area contributed by atoms with Crippen molar-refractivity contribution in [2.75, 3.05) is 11.9 Å². The molecule has 0 radical (unpaired) electrons. The summed E-state index contributed by atoms with van der Waals surface area (Å²) in [5, 5.41) is 29.2. The molecule has 0 fully saturated rings. The van der Waals surface area contributed by atoms with Crippen molar-refractivity contribution < 1.29 is 14.8 Å². The zero-order valence-electron chi connectivity index (χ0n) is 14.1. The minimum Gasteiger partial charge on any atom is -0.508 e. The number of hydrogen-bond donors (Lipinski definition) is 3. The number of rotatable bonds is 6. The number of carbonyl (C=O) groups excluding carboxylic acids is 1. The first kappa shape index (κ1) is 17.9. The van der Waals surface area contributed by atoms with E-state index in [0.29, 0.717) is 0 Å². The first-order valence-electron chi connectivity index (χ1n) is 8.05. The lowest BCUT2D eigenvalue weighted by atomic mass is 10.1. The summed E-state index contributed by atoms with van der Waals surface area (Å²) in [5.74, 6) is -0.548. The van der Waals surface area contributed by atoms with Gasteiger partial charge in [0.15, 0.2) is 0 Å². The normalized spacial score (nSPS) is 10.8. The lowest BCUT2D eigenvalue weighted by Crippen LogP contribution is -2.26. The van der Waals surface area contributed by atoms with Crippen LogP contribution in [0.5, 0.6) is 5.75 Å². The van der Waals surface area contributed by atoms with Crippen LogP contribution in [-0.2, 0) is 4.79 Å². The lowest BCUT2D eigenvalue weighted by molar-refractivity contribution is -0.385. The molecule has 1 amide bonds. The summed E-state index contributed by atoms with van der Waals surface area (Å²) in [5.41, 5.74) is 2.98. The van der Waals surface area contributed by atoms with Crippen molar-refractivity contribution in [1.82, 2.24) is 5.43 Å². The van der Waals surface area contributed by atoms with Crippen molar-refractivity contribution in [3.05, 3.63) is 76.3 Å². The van der Waals surface area contributed by atoms with Gasteiger partial charge >= 0.3 is 0 Å². The molecule has 27 heavy (non-hydrogen) atoms. The average Bonchev–Trinajstić information content (AvgIpc) is 2.66. The molecule has 0 unspecified atom stereocenters. The van der Waals surface area contributed by atoms with Gasteiger partial charge in [0.05, 0.1) is 23.2 Å². The van der Waals surface area contributed by atoms with Gasteiger partial charge in [-0.15, -0.1) is 0 Å². The van der Waals surface area contributed by atoms with Crippen LogP contribution < -0.4 is 10.7 Å². The standard InChI is InChI=1S/C19H16N4O4/c24-15-8-9-18(23(26)27)14(10-15)11-21-22-19(25)12-20-17-7-3-5-13-4-1-2-6-16(13)17/h1-11,20,24H,12H2,(H,22,25)/b21-11-. The Kier molecular flexibility index (Phi) is 5.27. The molecule has 8 heteroatoms. The number of benzene rings is 3. The molecule has 0 aromatic heterocycles. The maximum atomic E-state index is 12.0. The second-order valence-corrected chi connectivity index (χ2v) is 5.67. The van der Waals surface area contributed by atoms with Crippen LogP contribution in [0.4, 0.5) is 11.4 Å². The van der Waals surface area contributed by atoms with Crippen molar-refractivity contribution >= 4 is 34.3 Å². The number of phenolic OH excluding ortho intramolecular Hbond substituents is 1. The van der Waals surface area contributed by atoms with Gasteiger partial charge in [-0.3, -0.25) is 14.9 Å². The van der Waals surface area contributed by atoms with Crippen molar-refractivity contribution in [3.8, 4) is 5.75 Å². The molecular weight excluding hydrogens is 348 g/mol. The molecule has 0 aliphatic rings. The topological polar surface area (TPSA) is 117 Å². The molecule has 0 aliphatic heterocycles. The van der Waals surface area contributed by atoms with Crippen LogP contribution in [0.2, 0.25) is 0 Å². The number of anilines is 1. The predicted molar refractivity (Wildman–Crippen MR) is 103 cm³/mol. The fraction of sp³-hybridized carbons (Fsp3) is 0.0526. The number of nitrogens with zero attached hydrogens (tertiary/aromatic N) is 2. The third kappa shape index (κ3) is 4.37. The van der Waals surface area contributed by atoms with Crippen LogP contribution in [0.3, 0.4) is 0 Å². The Morgan fingerprint density at radius 1 is 1.15 bits per heavy atom. The summed E-state index contributed by atoms with van der Waals surface area (Å²) in [6.45, 7) is -0.0204. The molecule has 3 aromatic rings. The van der Waals surface area contributed by atoms with Crippen LogP contribution in [-0.4, -0.2) is 28.7 Å². The molecule has 0 bridgehead atoms. The third-order valence-electron chi connectivity index (χ3n) is 3.83. The highest BCUT2D eigenvalue weighted by molar-refractivity contribution is 5.95. The molecular formula is C19H16N4O4. The number of amides is 1. The van der Waals surface area contributed by atoms with E-state index in [1.54, 1.807) is 0 Å². The van der Waals surface area contributed by atoms with E-state index in [2.05, 4.69) is 15.8 Å². The number of hydrogen-bond acceptors (Lipinski definition) is 6. The van der Waals surface area contributed by atoms with Gasteiger partial charge in [-0.25, -0.2) is 5.43 Å². The minimum absolute atomic E-state index is 0.0204. The molecule has 3 N–H and O–H groups in total. The summed E-state index contributed by atoms with van der Waals surface area (Å²) in [4.78, 5) is 22.3. The fourth-order valence-corrected chi connectivity index (χ4v) is 2.58. The highest BCUT2D eigenvalue weighted by Gasteiger charge is 2.12. The van der Waals surface area contributed by atoms with E-state index in [-0.39, 0.29) is 23.5 Å². The fourth-order valence-electron chi connectivity index (χ4n) is 2.58. The number of phenols is 1. The average molecular weight is 364 g/mol. The molecule has 8 nitrogen and oxygen atoms in total. The number of carbonyl (C=O) groups is 1. The Morgan fingerprint density at radius 2 is 1.93 bits per heavy atom. The maximum Gasteiger partial charge on any atom is 0.278 e. The van der Waals surface area contributed by atoms with E-state index in [9.17, 15) is 20.0 Å².